The molecule has 0 radical (unpaired) electrons. The second-order valence-corrected chi connectivity index (χ2v) is 4.97. The van der Waals surface area contributed by atoms with Crippen molar-refractivity contribution in [3.8, 4) is 0 Å². The van der Waals surface area contributed by atoms with Crippen LogP contribution < -0.4 is 10.6 Å². The number of carbonyl (C=O) groups is 1. The Balaban J connectivity index is 2.01. The number of pyridine rings is 1. The van der Waals surface area contributed by atoms with E-state index < -0.39 is 0 Å². The first-order valence-electron chi connectivity index (χ1n) is 6.14. The van der Waals surface area contributed by atoms with Gasteiger partial charge in [-0.05, 0) is 12.5 Å². The summed E-state index contributed by atoms with van der Waals surface area (Å²) in [5.74, 6) is -0.125. The highest BCUT2D eigenvalue weighted by atomic mass is 32.1. The molecule has 2 rings (SSSR count). The molecular weight excluding hydrogens is 260 g/mol. The van der Waals surface area contributed by atoms with Crippen LogP contribution in [0, 0.1) is 0 Å². The Bertz CT molecular complexity index is 527. The SMILES string of the molecule is CCCNc1ccncc1C(=O)NCc1cncs1. The Kier molecular flexibility index (Phi) is 4.85. The van der Waals surface area contributed by atoms with E-state index in [1.54, 1.807) is 24.1 Å². The van der Waals surface area contributed by atoms with Gasteiger partial charge in [0.2, 0.25) is 0 Å². The molecule has 5 nitrogen and oxygen atoms in total. The van der Waals surface area contributed by atoms with Crippen LogP contribution in [-0.2, 0) is 6.54 Å². The van der Waals surface area contributed by atoms with Crippen molar-refractivity contribution in [1.29, 1.82) is 0 Å². The fourth-order valence-electron chi connectivity index (χ4n) is 1.58. The zero-order valence-electron chi connectivity index (χ0n) is 10.7. The molecule has 2 N–H and O–H groups in total. The molecule has 0 aliphatic heterocycles. The topological polar surface area (TPSA) is 66.9 Å². The van der Waals surface area contributed by atoms with Crippen LogP contribution in [-0.4, -0.2) is 22.4 Å². The Morgan fingerprint density at radius 3 is 3.00 bits per heavy atom. The molecule has 0 unspecified atom stereocenters. The molecule has 0 atom stereocenters. The van der Waals surface area contributed by atoms with Crippen molar-refractivity contribution in [3.05, 3.63) is 40.6 Å². The van der Waals surface area contributed by atoms with Gasteiger partial charge in [0, 0.05) is 30.0 Å². The van der Waals surface area contributed by atoms with E-state index >= 15 is 0 Å². The largest absolute Gasteiger partial charge is 0.384 e. The minimum Gasteiger partial charge on any atom is -0.384 e. The van der Waals surface area contributed by atoms with Crippen LogP contribution in [0.1, 0.15) is 28.6 Å². The number of amides is 1. The van der Waals surface area contributed by atoms with Gasteiger partial charge in [-0.2, -0.15) is 0 Å². The number of nitrogens with one attached hydrogen (secondary N) is 2. The van der Waals surface area contributed by atoms with Gasteiger partial charge in [-0.3, -0.25) is 14.8 Å². The summed E-state index contributed by atoms with van der Waals surface area (Å²) in [6, 6.07) is 1.82. The number of carbonyl (C=O) groups excluding carboxylic acids is 1. The molecule has 0 aromatic carbocycles. The predicted molar refractivity (Wildman–Crippen MR) is 76.3 cm³/mol. The van der Waals surface area contributed by atoms with Crippen molar-refractivity contribution in [3.63, 3.8) is 0 Å². The van der Waals surface area contributed by atoms with E-state index in [1.165, 1.54) is 11.3 Å². The molecule has 0 aliphatic carbocycles. The van der Waals surface area contributed by atoms with Crippen LogP contribution in [0.2, 0.25) is 0 Å². The molecule has 0 fully saturated rings. The van der Waals surface area contributed by atoms with E-state index in [0.717, 1.165) is 23.5 Å². The molecule has 0 aliphatic rings. The third kappa shape index (κ3) is 3.75. The van der Waals surface area contributed by atoms with E-state index in [4.69, 9.17) is 0 Å². The summed E-state index contributed by atoms with van der Waals surface area (Å²) in [4.78, 5) is 21.1. The van der Waals surface area contributed by atoms with E-state index in [0.29, 0.717) is 12.1 Å². The van der Waals surface area contributed by atoms with Crippen molar-refractivity contribution in [1.82, 2.24) is 15.3 Å². The zero-order valence-corrected chi connectivity index (χ0v) is 11.5. The van der Waals surface area contributed by atoms with Gasteiger partial charge in [0.25, 0.3) is 5.91 Å². The molecule has 2 heterocycles. The maximum atomic E-state index is 12.1. The van der Waals surface area contributed by atoms with Gasteiger partial charge >= 0.3 is 0 Å². The summed E-state index contributed by atoms with van der Waals surface area (Å²) in [6.45, 7) is 3.41. The summed E-state index contributed by atoms with van der Waals surface area (Å²) in [5, 5.41) is 6.10. The highest BCUT2D eigenvalue weighted by Crippen LogP contribution is 2.14. The van der Waals surface area contributed by atoms with E-state index in [9.17, 15) is 4.79 Å². The maximum Gasteiger partial charge on any atom is 0.255 e. The standard InChI is InChI=1S/C13H16N4OS/c1-2-4-16-12-3-5-14-8-11(12)13(18)17-7-10-6-15-9-19-10/h3,5-6,8-9H,2,4,7H2,1H3,(H,14,16)(H,17,18). The molecule has 100 valence electrons. The maximum absolute atomic E-state index is 12.1. The molecular formula is C13H16N4OS. The fraction of sp³-hybridized carbons (Fsp3) is 0.308. The van der Waals surface area contributed by atoms with Crippen LogP contribution in [0.15, 0.2) is 30.2 Å². The lowest BCUT2D eigenvalue weighted by molar-refractivity contribution is 0.0951. The molecule has 0 saturated heterocycles. The molecule has 0 spiro atoms. The van der Waals surface area contributed by atoms with Gasteiger partial charge in [0.15, 0.2) is 0 Å². The van der Waals surface area contributed by atoms with Gasteiger partial charge in [0.1, 0.15) is 0 Å². The zero-order chi connectivity index (χ0) is 13.5. The monoisotopic (exact) mass is 276 g/mol. The molecule has 2 aromatic rings. The van der Waals surface area contributed by atoms with Crippen molar-refractivity contribution in [2.45, 2.75) is 19.9 Å². The second-order valence-electron chi connectivity index (χ2n) is 4.00. The highest BCUT2D eigenvalue weighted by molar-refractivity contribution is 7.09. The van der Waals surface area contributed by atoms with Gasteiger partial charge in [-0.15, -0.1) is 11.3 Å². The third-order valence-corrected chi connectivity index (χ3v) is 3.32. The summed E-state index contributed by atoms with van der Waals surface area (Å²) in [7, 11) is 0. The van der Waals surface area contributed by atoms with E-state index in [1.807, 2.05) is 6.07 Å². The predicted octanol–water partition coefficient (Wildman–Crippen LogP) is 2.29. The van der Waals surface area contributed by atoms with Crippen LogP contribution in [0.3, 0.4) is 0 Å². The Labute approximate surface area is 116 Å². The summed E-state index contributed by atoms with van der Waals surface area (Å²) in [5.41, 5.74) is 3.14. The summed E-state index contributed by atoms with van der Waals surface area (Å²) in [6.07, 6.45) is 6.02. The number of hydrogen-bond donors (Lipinski definition) is 2. The van der Waals surface area contributed by atoms with E-state index in [2.05, 4.69) is 27.5 Å². The lowest BCUT2D eigenvalue weighted by Crippen LogP contribution is -2.23. The summed E-state index contributed by atoms with van der Waals surface area (Å²) < 4.78 is 0. The smallest absolute Gasteiger partial charge is 0.255 e. The molecule has 0 bridgehead atoms. The first kappa shape index (κ1) is 13.5. The van der Waals surface area contributed by atoms with Crippen LogP contribution in [0.4, 0.5) is 5.69 Å². The number of anilines is 1. The highest BCUT2D eigenvalue weighted by Gasteiger charge is 2.11. The lowest BCUT2D eigenvalue weighted by atomic mass is 10.2. The number of thiazole rings is 1. The van der Waals surface area contributed by atoms with Crippen LogP contribution >= 0.6 is 11.3 Å². The molecule has 6 heteroatoms. The van der Waals surface area contributed by atoms with Crippen molar-refractivity contribution < 1.29 is 4.79 Å². The normalized spacial score (nSPS) is 10.2. The first-order chi connectivity index (χ1) is 9.31. The average Bonchev–Trinajstić information content (AvgIpc) is 2.96. The minimum absolute atomic E-state index is 0.125. The van der Waals surface area contributed by atoms with Gasteiger partial charge in [-0.1, -0.05) is 6.92 Å². The number of hydrogen-bond acceptors (Lipinski definition) is 5. The minimum atomic E-state index is -0.125. The molecule has 1 amide bonds. The number of aromatic nitrogens is 2. The van der Waals surface area contributed by atoms with E-state index in [-0.39, 0.29) is 5.91 Å². The second kappa shape index (κ2) is 6.84. The van der Waals surface area contributed by atoms with Gasteiger partial charge < -0.3 is 10.6 Å². The van der Waals surface area contributed by atoms with Crippen molar-refractivity contribution in [2.24, 2.45) is 0 Å². The number of nitrogens with zero attached hydrogens (tertiary/aromatic N) is 2. The van der Waals surface area contributed by atoms with Crippen LogP contribution in [0.5, 0.6) is 0 Å². The third-order valence-electron chi connectivity index (χ3n) is 2.54. The Morgan fingerprint density at radius 1 is 1.37 bits per heavy atom. The molecule has 19 heavy (non-hydrogen) atoms. The molecule has 2 aromatic heterocycles. The quantitative estimate of drug-likeness (QED) is 0.849. The molecule has 0 saturated carbocycles. The van der Waals surface area contributed by atoms with Crippen molar-refractivity contribution in [2.75, 3.05) is 11.9 Å². The Morgan fingerprint density at radius 2 is 2.26 bits per heavy atom. The van der Waals surface area contributed by atoms with Crippen LogP contribution in [0.25, 0.3) is 0 Å². The van der Waals surface area contributed by atoms with Gasteiger partial charge in [-0.25, -0.2) is 0 Å². The fourth-order valence-corrected chi connectivity index (χ4v) is 2.12. The van der Waals surface area contributed by atoms with Crippen molar-refractivity contribution >= 4 is 22.9 Å². The lowest BCUT2D eigenvalue weighted by Gasteiger charge is -2.10. The average molecular weight is 276 g/mol. The van der Waals surface area contributed by atoms with Gasteiger partial charge in [0.05, 0.1) is 23.3 Å². The first-order valence-corrected chi connectivity index (χ1v) is 7.02. The summed E-state index contributed by atoms with van der Waals surface area (Å²) >= 11 is 1.52. The number of rotatable bonds is 6. The Hall–Kier alpha value is -1.95.